The first-order valence-electron chi connectivity index (χ1n) is 4.72. The summed E-state index contributed by atoms with van der Waals surface area (Å²) in [6, 6.07) is 0.0340. The highest BCUT2D eigenvalue weighted by molar-refractivity contribution is 5.81. The summed E-state index contributed by atoms with van der Waals surface area (Å²) >= 11 is 0. The number of aliphatic hydroxyl groups excluding tert-OH is 1. The van der Waals surface area contributed by atoms with Crippen LogP contribution in [0.15, 0.2) is 0 Å². The van der Waals surface area contributed by atoms with Crippen LogP contribution in [-0.2, 0) is 4.79 Å². The Morgan fingerprint density at radius 3 is 2.15 bits per heavy atom. The number of nitrogens with one attached hydrogen (secondary N) is 1. The number of hydrogen-bond acceptors (Lipinski definition) is 2. The Labute approximate surface area is 80.5 Å². The van der Waals surface area contributed by atoms with Crippen molar-refractivity contribution in [1.29, 1.82) is 0 Å². The van der Waals surface area contributed by atoms with Crippen LogP contribution in [0.5, 0.6) is 0 Å². The largest absolute Gasteiger partial charge is 0.393 e. The fourth-order valence-electron chi connectivity index (χ4n) is 1.01. The van der Waals surface area contributed by atoms with Gasteiger partial charge in [-0.05, 0) is 20.3 Å². The summed E-state index contributed by atoms with van der Waals surface area (Å²) in [4.78, 5) is 11.5. The summed E-state index contributed by atoms with van der Waals surface area (Å²) in [5.41, 5.74) is -0.354. The average Bonchev–Trinajstić information content (AvgIpc) is 1.82. The van der Waals surface area contributed by atoms with Gasteiger partial charge in [-0.1, -0.05) is 20.8 Å². The molecule has 0 aliphatic heterocycles. The van der Waals surface area contributed by atoms with Gasteiger partial charge in [0.25, 0.3) is 0 Å². The van der Waals surface area contributed by atoms with Crippen LogP contribution < -0.4 is 5.32 Å². The summed E-state index contributed by atoms with van der Waals surface area (Å²) < 4.78 is 0. The molecular weight excluding hydrogens is 166 g/mol. The molecule has 13 heavy (non-hydrogen) atoms. The molecule has 2 atom stereocenters. The Bertz CT molecular complexity index is 170. The molecule has 0 saturated carbocycles. The first kappa shape index (κ1) is 12.4. The lowest BCUT2D eigenvalue weighted by Crippen LogP contribution is -2.41. The molecule has 3 nitrogen and oxygen atoms in total. The maximum absolute atomic E-state index is 11.5. The molecule has 0 fully saturated rings. The number of rotatable bonds is 3. The number of carbonyl (C=O) groups is 1. The van der Waals surface area contributed by atoms with Crippen LogP contribution in [-0.4, -0.2) is 23.2 Å². The molecular formula is C10H21NO2. The molecule has 0 spiro atoms. The molecule has 3 heteroatoms. The number of aliphatic hydroxyl groups is 1. The summed E-state index contributed by atoms with van der Waals surface area (Å²) in [5.74, 6) is 0.0284. The van der Waals surface area contributed by atoms with E-state index in [0.29, 0.717) is 6.42 Å². The van der Waals surface area contributed by atoms with Crippen LogP contribution in [0.4, 0.5) is 0 Å². The predicted octanol–water partition coefficient (Wildman–Crippen LogP) is 1.31. The maximum atomic E-state index is 11.5. The molecule has 0 saturated heterocycles. The Balaban J connectivity index is 3.93. The van der Waals surface area contributed by atoms with Crippen LogP contribution in [0.1, 0.15) is 41.0 Å². The van der Waals surface area contributed by atoms with Crippen molar-refractivity contribution in [2.45, 2.75) is 53.2 Å². The zero-order chi connectivity index (χ0) is 10.6. The highest BCUT2D eigenvalue weighted by Gasteiger charge is 2.22. The third-order valence-corrected chi connectivity index (χ3v) is 1.75. The van der Waals surface area contributed by atoms with Crippen molar-refractivity contribution in [2.24, 2.45) is 5.41 Å². The van der Waals surface area contributed by atoms with Crippen LogP contribution in [0, 0.1) is 5.41 Å². The van der Waals surface area contributed by atoms with E-state index >= 15 is 0 Å². The first-order chi connectivity index (χ1) is 5.73. The van der Waals surface area contributed by atoms with E-state index in [2.05, 4.69) is 5.32 Å². The highest BCUT2D eigenvalue weighted by atomic mass is 16.3. The van der Waals surface area contributed by atoms with Crippen molar-refractivity contribution in [1.82, 2.24) is 5.32 Å². The Kier molecular flexibility index (Phi) is 4.40. The lowest BCUT2D eigenvalue weighted by molar-refractivity contribution is -0.129. The molecule has 2 unspecified atom stereocenters. The number of carbonyl (C=O) groups excluding carboxylic acids is 1. The highest BCUT2D eigenvalue weighted by Crippen LogP contribution is 2.13. The second-order valence-electron chi connectivity index (χ2n) is 4.71. The fraction of sp³-hybridized carbons (Fsp3) is 0.900. The quantitative estimate of drug-likeness (QED) is 0.700. The summed E-state index contributed by atoms with van der Waals surface area (Å²) in [5, 5.41) is 11.9. The predicted molar refractivity (Wildman–Crippen MR) is 53.4 cm³/mol. The topological polar surface area (TPSA) is 49.3 Å². The van der Waals surface area contributed by atoms with Gasteiger partial charge in [0, 0.05) is 11.5 Å². The Morgan fingerprint density at radius 2 is 1.85 bits per heavy atom. The molecule has 0 rings (SSSR count). The lowest BCUT2D eigenvalue weighted by atomic mass is 9.95. The fourth-order valence-corrected chi connectivity index (χ4v) is 1.01. The maximum Gasteiger partial charge on any atom is 0.225 e. The molecule has 1 amide bonds. The summed E-state index contributed by atoms with van der Waals surface area (Å²) in [6.45, 7) is 9.24. The minimum atomic E-state index is -0.365. The van der Waals surface area contributed by atoms with Crippen molar-refractivity contribution >= 4 is 5.91 Å². The SMILES string of the molecule is CC(O)CC(C)NC(=O)C(C)(C)C. The van der Waals surface area contributed by atoms with Crippen LogP contribution >= 0.6 is 0 Å². The smallest absolute Gasteiger partial charge is 0.225 e. The van der Waals surface area contributed by atoms with Gasteiger partial charge < -0.3 is 10.4 Å². The Morgan fingerprint density at radius 1 is 1.38 bits per heavy atom. The number of amides is 1. The van der Waals surface area contributed by atoms with Crippen molar-refractivity contribution < 1.29 is 9.90 Å². The van der Waals surface area contributed by atoms with E-state index in [0.717, 1.165) is 0 Å². The van der Waals surface area contributed by atoms with Gasteiger partial charge in [-0.25, -0.2) is 0 Å². The van der Waals surface area contributed by atoms with E-state index < -0.39 is 0 Å². The van der Waals surface area contributed by atoms with Crippen LogP contribution in [0.3, 0.4) is 0 Å². The monoisotopic (exact) mass is 187 g/mol. The molecule has 78 valence electrons. The molecule has 2 N–H and O–H groups in total. The van der Waals surface area contributed by atoms with Crippen molar-refractivity contribution in [2.75, 3.05) is 0 Å². The molecule has 0 aromatic heterocycles. The third-order valence-electron chi connectivity index (χ3n) is 1.75. The van der Waals surface area contributed by atoms with Gasteiger partial charge in [0.15, 0.2) is 0 Å². The minimum absolute atomic E-state index is 0.0284. The molecule has 0 aliphatic rings. The molecule has 0 radical (unpaired) electrons. The first-order valence-corrected chi connectivity index (χ1v) is 4.72. The number of hydrogen-bond donors (Lipinski definition) is 2. The molecule has 0 heterocycles. The van der Waals surface area contributed by atoms with E-state index in [9.17, 15) is 4.79 Å². The van der Waals surface area contributed by atoms with Gasteiger partial charge in [0.05, 0.1) is 6.10 Å². The van der Waals surface area contributed by atoms with Crippen LogP contribution in [0.25, 0.3) is 0 Å². The van der Waals surface area contributed by atoms with Crippen molar-refractivity contribution in [3.05, 3.63) is 0 Å². The van der Waals surface area contributed by atoms with E-state index in [-0.39, 0.29) is 23.5 Å². The van der Waals surface area contributed by atoms with E-state index in [4.69, 9.17) is 5.11 Å². The van der Waals surface area contributed by atoms with Gasteiger partial charge in [-0.2, -0.15) is 0 Å². The molecule has 0 aromatic rings. The normalized spacial score (nSPS) is 16.5. The lowest BCUT2D eigenvalue weighted by Gasteiger charge is -2.22. The summed E-state index contributed by atoms with van der Waals surface area (Å²) in [6.07, 6.45) is 0.234. The standard InChI is InChI=1S/C10H21NO2/c1-7(6-8(2)12)11-9(13)10(3,4)5/h7-8,12H,6H2,1-5H3,(H,11,13). The second-order valence-corrected chi connectivity index (χ2v) is 4.71. The zero-order valence-electron chi connectivity index (χ0n) is 9.22. The van der Waals surface area contributed by atoms with Gasteiger partial charge in [-0.3, -0.25) is 4.79 Å². The van der Waals surface area contributed by atoms with Gasteiger partial charge in [0.2, 0.25) is 5.91 Å². The van der Waals surface area contributed by atoms with Gasteiger partial charge in [-0.15, -0.1) is 0 Å². The molecule has 0 bridgehead atoms. The Hall–Kier alpha value is -0.570. The van der Waals surface area contributed by atoms with Crippen molar-refractivity contribution in [3.8, 4) is 0 Å². The van der Waals surface area contributed by atoms with Gasteiger partial charge >= 0.3 is 0 Å². The van der Waals surface area contributed by atoms with E-state index in [1.807, 2.05) is 27.7 Å². The third kappa shape index (κ3) is 5.64. The summed E-state index contributed by atoms with van der Waals surface area (Å²) in [7, 11) is 0. The second kappa shape index (κ2) is 4.61. The average molecular weight is 187 g/mol. The zero-order valence-corrected chi connectivity index (χ0v) is 9.22. The van der Waals surface area contributed by atoms with Crippen LogP contribution in [0.2, 0.25) is 0 Å². The molecule has 0 aromatic carbocycles. The van der Waals surface area contributed by atoms with Crippen molar-refractivity contribution in [3.63, 3.8) is 0 Å². The van der Waals surface area contributed by atoms with Gasteiger partial charge in [0.1, 0.15) is 0 Å². The van der Waals surface area contributed by atoms with E-state index in [1.54, 1.807) is 6.92 Å². The van der Waals surface area contributed by atoms with E-state index in [1.165, 1.54) is 0 Å². The minimum Gasteiger partial charge on any atom is -0.393 e. The molecule has 0 aliphatic carbocycles.